The summed E-state index contributed by atoms with van der Waals surface area (Å²) in [5, 5.41) is 9.65. The average Bonchev–Trinajstić information content (AvgIpc) is 3.26. The van der Waals surface area contributed by atoms with Crippen molar-refractivity contribution in [1.29, 1.82) is 0 Å². The Labute approximate surface area is 158 Å². The average molecular weight is 368 g/mol. The molecular formula is C21H25FN4O. The Hall–Kier alpha value is -2.60. The number of anilines is 3. The van der Waals surface area contributed by atoms with E-state index in [-0.39, 0.29) is 11.7 Å². The summed E-state index contributed by atoms with van der Waals surface area (Å²) in [6.45, 7) is 4.03. The Kier molecular flexibility index (Phi) is 4.74. The van der Waals surface area contributed by atoms with E-state index < -0.39 is 6.04 Å². The number of nitrogens with one attached hydrogen (secondary N) is 3. The van der Waals surface area contributed by atoms with Gasteiger partial charge in [0.05, 0.1) is 0 Å². The van der Waals surface area contributed by atoms with E-state index in [1.54, 1.807) is 6.07 Å². The molecule has 2 heterocycles. The minimum atomic E-state index is -0.462. The third-order valence-corrected chi connectivity index (χ3v) is 5.40. The van der Waals surface area contributed by atoms with Crippen LogP contribution in [0.15, 0.2) is 36.4 Å². The Bertz CT molecular complexity index is 838. The van der Waals surface area contributed by atoms with Crippen LogP contribution in [-0.2, 0) is 11.2 Å². The van der Waals surface area contributed by atoms with Gasteiger partial charge in [-0.05, 0) is 56.8 Å². The summed E-state index contributed by atoms with van der Waals surface area (Å²) in [4.78, 5) is 15.0. The molecule has 2 unspecified atom stereocenters. The number of fused-ring (bicyclic) bond motifs is 1. The number of likely N-dealkylation sites (N-methyl/N-ethyl adjacent to an activating group) is 1. The van der Waals surface area contributed by atoms with Gasteiger partial charge in [-0.1, -0.05) is 12.1 Å². The lowest BCUT2D eigenvalue weighted by Gasteiger charge is -2.16. The fraction of sp³-hybridized carbons (Fsp3) is 0.381. The van der Waals surface area contributed by atoms with E-state index in [1.807, 2.05) is 31.2 Å². The second kappa shape index (κ2) is 7.19. The Morgan fingerprint density at radius 2 is 2.07 bits per heavy atom. The zero-order valence-corrected chi connectivity index (χ0v) is 15.7. The Morgan fingerprint density at radius 1 is 1.26 bits per heavy atom. The van der Waals surface area contributed by atoms with Gasteiger partial charge >= 0.3 is 0 Å². The highest BCUT2D eigenvalue weighted by Crippen LogP contribution is 2.32. The minimum absolute atomic E-state index is 0.150. The first-order valence-electron chi connectivity index (χ1n) is 9.40. The first-order valence-corrected chi connectivity index (χ1v) is 9.40. The predicted molar refractivity (Wildman–Crippen MR) is 107 cm³/mol. The number of aryl methyl sites for hydroxylation is 1. The molecule has 27 heavy (non-hydrogen) atoms. The maximum absolute atomic E-state index is 14.0. The van der Waals surface area contributed by atoms with Crippen molar-refractivity contribution in [3.8, 4) is 0 Å². The van der Waals surface area contributed by atoms with Gasteiger partial charge in [-0.2, -0.15) is 0 Å². The van der Waals surface area contributed by atoms with Crippen LogP contribution >= 0.6 is 0 Å². The number of carbonyl (C=O) groups excluding carboxylic acids is 1. The van der Waals surface area contributed by atoms with Crippen LogP contribution in [0.5, 0.6) is 0 Å². The molecule has 2 aromatic carbocycles. The monoisotopic (exact) mass is 368 g/mol. The Morgan fingerprint density at radius 3 is 2.81 bits per heavy atom. The first kappa shape index (κ1) is 17.8. The molecule has 0 saturated carbocycles. The quantitative estimate of drug-likeness (QED) is 0.776. The summed E-state index contributed by atoms with van der Waals surface area (Å²) in [5.41, 5.74) is 4.03. The summed E-state index contributed by atoms with van der Waals surface area (Å²) in [6.07, 6.45) is 1.48. The number of amides is 1. The fourth-order valence-electron chi connectivity index (χ4n) is 3.93. The number of nitrogens with zero attached hydrogens (tertiary/aromatic N) is 1. The number of hydrogen-bond donors (Lipinski definition) is 3. The molecule has 1 saturated heterocycles. The van der Waals surface area contributed by atoms with Crippen molar-refractivity contribution in [2.24, 2.45) is 0 Å². The van der Waals surface area contributed by atoms with Crippen LogP contribution < -0.4 is 16.0 Å². The summed E-state index contributed by atoms with van der Waals surface area (Å²) >= 11 is 0. The molecule has 1 amide bonds. The normalized spacial score (nSPS) is 21.6. The minimum Gasteiger partial charge on any atom is -0.381 e. The molecule has 1 fully saturated rings. The van der Waals surface area contributed by atoms with Gasteiger partial charge < -0.3 is 20.9 Å². The van der Waals surface area contributed by atoms with Crippen LogP contribution in [0.1, 0.15) is 17.5 Å². The third kappa shape index (κ3) is 3.76. The molecular weight excluding hydrogens is 343 g/mol. The standard InChI is InChI=1S/C21H25FN4O/c1-13-6-7-18(22)17-11-19(25-20(13)17)21(27)24-15-5-3-4-14(10-15)23-16-8-9-26(2)12-16/h3-7,10,16,19,23,25H,8-9,11-12H2,1-2H3,(H,24,27). The molecule has 0 spiro atoms. The SMILES string of the molecule is Cc1ccc(F)c2c1NC(C(=O)Nc1cccc(NC3CCN(C)C3)c1)C2. The van der Waals surface area contributed by atoms with Crippen LogP contribution in [-0.4, -0.2) is 43.0 Å². The molecule has 2 aliphatic rings. The van der Waals surface area contributed by atoms with Crippen LogP contribution in [0.4, 0.5) is 21.5 Å². The van der Waals surface area contributed by atoms with Crippen LogP contribution in [0, 0.1) is 12.7 Å². The zero-order valence-electron chi connectivity index (χ0n) is 15.7. The summed E-state index contributed by atoms with van der Waals surface area (Å²) < 4.78 is 14.0. The van der Waals surface area contributed by atoms with Crippen molar-refractivity contribution >= 4 is 23.0 Å². The van der Waals surface area contributed by atoms with E-state index in [1.165, 1.54) is 6.07 Å². The number of rotatable bonds is 4. The third-order valence-electron chi connectivity index (χ3n) is 5.40. The molecule has 0 aromatic heterocycles. The van der Waals surface area contributed by atoms with Crippen molar-refractivity contribution < 1.29 is 9.18 Å². The van der Waals surface area contributed by atoms with Gasteiger partial charge in [-0.25, -0.2) is 4.39 Å². The maximum atomic E-state index is 14.0. The fourth-order valence-corrected chi connectivity index (χ4v) is 3.93. The van der Waals surface area contributed by atoms with Gasteiger partial charge in [0.25, 0.3) is 0 Å². The zero-order chi connectivity index (χ0) is 19.0. The van der Waals surface area contributed by atoms with Gasteiger partial charge in [0, 0.05) is 41.6 Å². The van der Waals surface area contributed by atoms with Gasteiger partial charge in [-0.15, -0.1) is 0 Å². The molecule has 5 nitrogen and oxygen atoms in total. The molecule has 2 aromatic rings. The molecule has 0 radical (unpaired) electrons. The van der Waals surface area contributed by atoms with Gasteiger partial charge in [-0.3, -0.25) is 4.79 Å². The maximum Gasteiger partial charge on any atom is 0.247 e. The number of carbonyl (C=O) groups is 1. The molecule has 6 heteroatoms. The summed E-state index contributed by atoms with van der Waals surface area (Å²) in [5.74, 6) is -0.408. The number of likely N-dealkylation sites (tertiary alicyclic amines) is 1. The van der Waals surface area contributed by atoms with Crippen LogP contribution in [0.25, 0.3) is 0 Å². The predicted octanol–water partition coefficient (Wildman–Crippen LogP) is 3.23. The van der Waals surface area contributed by atoms with E-state index in [4.69, 9.17) is 0 Å². The van der Waals surface area contributed by atoms with Crippen molar-refractivity contribution in [2.75, 3.05) is 36.1 Å². The van der Waals surface area contributed by atoms with Crippen molar-refractivity contribution in [1.82, 2.24) is 4.90 Å². The highest BCUT2D eigenvalue weighted by Gasteiger charge is 2.30. The highest BCUT2D eigenvalue weighted by atomic mass is 19.1. The lowest BCUT2D eigenvalue weighted by atomic mass is 10.1. The highest BCUT2D eigenvalue weighted by molar-refractivity contribution is 5.98. The van der Waals surface area contributed by atoms with Crippen molar-refractivity contribution in [3.63, 3.8) is 0 Å². The largest absolute Gasteiger partial charge is 0.381 e. The van der Waals surface area contributed by atoms with Crippen LogP contribution in [0.3, 0.4) is 0 Å². The molecule has 2 aliphatic heterocycles. The van der Waals surface area contributed by atoms with E-state index in [0.29, 0.717) is 18.0 Å². The van der Waals surface area contributed by atoms with Crippen LogP contribution in [0.2, 0.25) is 0 Å². The van der Waals surface area contributed by atoms with E-state index in [9.17, 15) is 9.18 Å². The molecule has 4 rings (SSSR count). The van der Waals surface area contributed by atoms with Crippen molar-refractivity contribution in [3.05, 3.63) is 53.3 Å². The summed E-state index contributed by atoms with van der Waals surface area (Å²) in [6, 6.07) is 10.9. The van der Waals surface area contributed by atoms with Crippen molar-refractivity contribution in [2.45, 2.75) is 31.8 Å². The lowest BCUT2D eigenvalue weighted by molar-refractivity contribution is -0.116. The number of halogens is 1. The molecule has 0 bridgehead atoms. The number of hydrogen-bond acceptors (Lipinski definition) is 4. The van der Waals surface area contributed by atoms with Gasteiger partial charge in [0.1, 0.15) is 11.9 Å². The van der Waals surface area contributed by atoms with E-state index in [0.717, 1.165) is 42.1 Å². The van der Waals surface area contributed by atoms with Gasteiger partial charge in [0.15, 0.2) is 0 Å². The molecule has 3 N–H and O–H groups in total. The number of benzene rings is 2. The Balaban J connectivity index is 1.41. The molecule has 2 atom stereocenters. The van der Waals surface area contributed by atoms with E-state index >= 15 is 0 Å². The topological polar surface area (TPSA) is 56.4 Å². The van der Waals surface area contributed by atoms with E-state index in [2.05, 4.69) is 27.9 Å². The molecule has 142 valence electrons. The second-order valence-corrected chi connectivity index (χ2v) is 7.58. The second-order valence-electron chi connectivity index (χ2n) is 7.58. The lowest BCUT2D eigenvalue weighted by Crippen LogP contribution is -2.33. The summed E-state index contributed by atoms with van der Waals surface area (Å²) in [7, 11) is 2.12. The molecule has 0 aliphatic carbocycles. The smallest absolute Gasteiger partial charge is 0.247 e. The van der Waals surface area contributed by atoms with Gasteiger partial charge in [0.2, 0.25) is 5.91 Å². The first-order chi connectivity index (χ1) is 13.0.